The zero-order valence-electron chi connectivity index (χ0n) is 10.9. The zero-order chi connectivity index (χ0) is 13.1. The molecule has 96 valence electrons. The summed E-state index contributed by atoms with van der Waals surface area (Å²) in [6.07, 6.45) is 5.22. The van der Waals surface area contributed by atoms with Gasteiger partial charge in [0.05, 0.1) is 5.56 Å². The van der Waals surface area contributed by atoms with Crippen LogP contribution in [0.25, 0.3) is 10.9 Å². The van der Waals surface area contributed by atoms with Crippen LogP contribution in [0.15, 0.2) is 24.4 Å². The minimum Gasteiger partial charge on any atom is -0.478 e. The van der Waals surface area contributed by atoms with Crippen molar-refractivity contribution in [1.82, 2.24) is 4.57 Å². The number of hydrogen-bond acceptors (Lipinski definition) is 1. The average molecular weight is 245 g/mol. The number of unbranched alkanes of at least 4 members (excludes halogenated alkanes) is 1. The number of aromatic nitrogens is 1. The molecule has 3 heteroatoms. The highest BCUT2D eigenvalue weighted by molar-refractivity contribution is 6.04. The number of benzene rings is 1. The molecule has 2 aromatic rings. The van der Waals surface area contributed by atoms with Crippen molar-refractivity contribution in [3.63, 3.8) is 0 Å². The highest BCUT2D eigenvalue weighted by atomic mass is 16.4. The number of carboxylic acid groups (broad SMARTS) is 1. The first kappa shape index (κ1) is 12.7. The Balaban J connectivity index is 2.63. The van der Waals surface area contributed by atoms with Crippen molar-refractivity contribution < 1.29 is 9.90 Å². The maximum absolute atomic E-state index is 11.3. The van der Waals surface area contributed by atoms with Crippen molar-refractivity contribution in [3.05, 3.63) is 35.5 Å². The van der Waals surface area contributed by atoms with Gasteiger partial charge in [0, 0.05) is 23.6 Å². The van der Waals surface area contributed by atoms with Crippen LogP contribution < -0.4 is 0 Å². The number of aryl methyl sites for hydroxylation is 2. The second-order valence-corrected chi connectivity index (χ2v) is 4.56. The van der Waals surface area contributed by atoms with Crippen molar-refractivity contribution in [1.29, 1.82) is 0 Å². The molecule has 0 spiro atoms. The van der Waals surface area contributed by atoms with Crippen molar-refractivity contribution in [2.24, 2.45) is 0 Å². The Morgan fingerprint density at radius 3 is 2.72 bits per heavy atom. The number of carbonyl (C=O) groups is 1. The largest absolute Gasteiger partial charge is 0.478 e. The van der Waals surface area contributed by atoms with Gasteiger partial charge in [-0.25, -0.2) is 4.79 Å². The van der Waals surface area contributed by atoms with E-state index in [1.54, 1.807) is 6.07 Å². The standard InChI is InChI=1S/C15H19NO2/c1-3-5-9-16-10-11(4-2)14-12(15(17)18)7-6-8-13(14)16/h6-8,10H,3-5,9H2,1-2H3,(H,17,18). The summed E-state index contributed by atoms with van der Waals surface area (Å²) in [5.74, 6) is -0.844. The topological polar surface area (TPSA) is 42.2 Å². The van der Waals surface area contributed by atoms with Gasteiger partial charge in [-0.3, -0.25) is 0 Å². The lowest BCUT2D eigenvalue weighted by atomic mass is 10.1. The van der Waals surface area contributed by atoms with Gasteiger partial charge in [-0.1, -0.05) is 26.3 Å². The fraction of sp³-hybridized carbons (Fsp3) is 0.400. The summed E-state index contributed by atoms with van der Waals surface area (Å²) >= 11 is 0. The Kier molecular flexibility index (Phi) is 3.70. The molecule has 0 aliphatic heterocycles. The third kappa shape index (κ3) is 2.13. The highest BCUT2D eigenvalue weighted by Crippen LogP contribution is 2.26. The van der Waals surface area contributed by atoms with Crippen LogP contribution in [0.1, 0.15) is 42.6 Å². The second kappa shape index (κ2) is 5.25. The first-order valence-corrected chi connectivity index (χ1v) is 6.53. The molecule has 0 saturated heterocycles. The fourth-order valence-corrected chi connectivity index (χ4v) is 2.40. The Bertz CT molecular complexity index is 569. The van der Waals surface area contributed by atoms with E-state index in [9.17, 15) is 9.90 Å². The molecule has 18 heavy (non-hydrogen) atoms. The summed E-state index contributed by atoms with van der Waals surface area (Å²) in [4.78, 5) is 11.3. The van der Waals surface area contributed by atoms with E-state index in [1.165, 1.54) is 0 Å². The van der Waals surface area contributed by atoms with Gasteiger partial charge in [-0.15, -0.1) is 0 Å². The second-order valence-electron chi connectivity index (χ2n) is 4.56. The molecule has 3 nitrogen and oxygen atoms in total. The van der Waals surface area contributed by atoms with E-state index in [1.807, 2.05) is 12.1 Å². The summed E-state index contributed by atoms with van der Waals surface area (Å²) in [5.41, 5.74) is 2.58. The monoisotopic (exact) mass is 245 g/mol. The lowest BCUT2D eigenvalue weighted by molar-refractivity contribution is 0.0699. The van der Waals surface area contributed by atoms with Crippen molar-refractivity contribution in [2.75, 3.05) is 0 Å². The summed E-state index contributed by atoms with van der Waals surface area (Å²) in [6, 6.07) is 5.53. The number of fused-ring (bicyclic) bond motifs is 1. The Morgan fingerprint density at radius 2 is 2.11 bits per heavy atom. The van der Waals surface area contributed by atoms with Crippen LogP contribution in [0, 0.1) is 0 Å². The minimum absolute atomic E-state index is 0.416. The van der Waals surface area contributed by atoms with Crippen molar-refractivity contribution >= 4 is 16.9 Å². The molecule has 0 atom stereocenters. The molecule has 1 aromatic heterocycles. The quantitative estimate of drug-likeness (QED) is 0.872. The van der Waals surface area contributed by atoms with E-state index < -0.39 is 5.97 Å². The predicted octanol–water partition coefficient (Wildman–Crippen LogP) is 3.70. The fourth-order valence-electron chi connectivity index (χ4n) is 2.40. The molecule has 0 radical (unpaired) electrons. The number of hydrogen-bond donors (Lipinski definition) is 1. The van der Waals surface area contributed by atoms with Crippen LogP contribution in [0.3, 0.4) is 0 Å². The molecule has 1 N–H and O–H groups in total. The van der Waals surface area contributed by atoms with Gasteiger partial charge in [-0.05, 0) is 30.5 Å². The van der Waals surface area contributed by atoms with Crippen LogP contribution in [0.4, 0.5) is 0 Å². The molecule has 0 bridgehead atoms. The Hall–Kier alpha value is -1.77. The summed E-state index contributed by atoms with van der Waals surface area (Å²) in [5, 5.41) is 10.2. The molecular formula is C15H19NO2. The van der Waals surface area contributed by atoms with Crippen LogP contribution in [0.2, 0.25) is 0 Å². The normalized spacial score (nSPS) is 11.0. The van der Waals surface area contributed by atoms with E-state index in [0.29, 0.717) is 5.56 Å². The van der Waals surface area contributed by atoms with E-state index >= 15 is 0 Å². The van der Waals surface area contributed by atoms with E-state index in [2.05, 4.69) is 24.6 Å². The van der Waals surface area contributed by atoms with Gasteiger partial charge in [-0.2, -0.15) is 0 Å². The lowest BCUT2D eigenvalue weighted by Crippen LogP contribution is -1.99. The Morgan fingerprint density at radius 1 is 1.33 bits per heavy atom. The number of aromatic carboxylic acids is 1. The van der Waals surface area contributed by atoms with Crippen LogP contribution in [-0.2, 0) is 13.0 Å². The average Bonchev–Trinajstić information content (AvgIpc) is 2.74. The number of carboxylic acids is 1. The van der Waals surface area contributed by atoms with Crippen molar-refractivity contribution in [2.45, 2.75) is 39.7 Å². The van der Waals surface area contributed by atoms with Gasteiger partial charge in [0.15, 0.2) is 0 Å². The third-order valence-electron chi connectivity index (χ3n) is 3.35. The van der Waals surface area contributed by atoms with Gasteiger partial charge in [0.2, 0.25) is 0 Å². The zero-order valence-corrected chi connectivity index (χ0v) is 10.9. The van der Waals surface area contributed by atoms with Gasteiger partial charge in [0.1, 0.15) is 0 Å². The van der Waals surface area contributed by atoms with Crippen LogP contribution >= 0.6 is 0 Å². The smallest absolute Gasteiger partial charge is 0.336 e. The number of rotatable bonds is 5. The molecule has 0 aliphatic rings. The first-order chi connectivity index (χ1) is 8.69. The molecule has 1 aromatic carbocycles. The van der Waals surface area contributed by atoms with Gasteiger partial charge >= 0.3 is 5.97 Å². The molecular weight excluding hydrogens is 226 g/mol. The third-order valence-corrected chi connectivity index (χ3v) is 3.35. The summed E-state index contributed by atoms with van der Waals surface area (Å²) < 4.78 is 2.18. The van der Waals surface area contributed by atoms with E-state index in [0.717, 1.165) is 42.3 Å². The van der Waals surface area contributed by atoms with E-state index in [-0.39, 0.29) is 0 Å². The molecule has 0 unspecified atom stereocenters. The summed E-state index contributed by atoms with van der Waals surface area (Å²) in [7, 11) is 0. The highest BCUT2D eigenvalue weighted by Gasteiger charge is 2.14. The molecule has 1 heterocycles. The number of nitrogens with zero attached hydrogens (tertiary/aromatic N) is 1. The lowest BCUT2D eigenvalue weighted by Gasteiger charge is -2.04. The summed E-state index contributed by atoms with van der Waals surface area (Å²) in [6.45, 7) is 5.18. The molecule has 2 rings (SSSR count). The first-order valence-electron chi connectivity index (χ1n) is 6.53. The molecule has 0 aliphatic carbocycles. The molecule has 0 saturated carbocycles. The Labute approximate surface area is 107 Å². The SMILES string of the molecule is CCCCn1cc(CC)c2c(C(=O)O)cccc21. The van der Waals surface area contributed by atoms with Crippen LogP contribution in [-0.4, -0.2) is 15.6 Å². The molecule has 0 fully saturated rings. The van der Waals surface area contributed by atoms with Gasteiger partial charge < -0.3 is 9.67 Å². The van der Waals surface area contributed by atoms with Crippen LogP contribution in [0.5, 0.6) is 0 Å². The molecule has 0 amide bonds. The minimum atomic E-state index is -0.844. The predicted molar refractivity (Wildman–Crippen MR) is 73.2 cm³/mol. The maximum Gasteiger partial charge on any atom is 0.336 e. The van der Waals surface area contributed by atoms with Gasteiger partial charge in [0.25, 0.3) is 0 Å². The van der Waals surface area contributed by atoms with E-state index in [4.69, 9.17) is 0 Å². The van der Waals surface area contributed by atoms with Crippen molar-refractivity contribution in [3.8, 4) is 0 Å². The maximum atomic E-state index is 11.3.